The number of ether oxygens (including phenoxy) is 1. The number of morpholine rings is 1. The molecule has 5 nitrogen and oxygen atoms in total. The van der Waals surface area contributed by atoms with Gasteiger partial charge in [-0.1, -0.05) is 6.92 Å². The lowest BCUT2D eigenvalue weighted by molar-refractivity contribution is -0.122. The van der Waals surface area contributed by atoms with Crippen molar-refractivity contribution in [1.29, 1.82) is 0 Å². The topological polar surface area (TPSA) is 72.5 Å². The summed E-state index contributed by atoms with van der Waals surface area (Å²) in [7, 11) is -2.94. The van der Waals surface area contributed by atoms with E-state index in [0.29, 0.717) is 32.4 Å². The molecule has 1 saturated heterocycles. The molecule has 0 amide bonds. The van der Waals surface area contributed by atoms with Crippen molar-refractivity contribution in [2.75, 3.05) is 31.2 Å². The molecule has 1 heterocycles. The third-order valence-electron chi connectivity index (χ3n) is 2.81. The maximum atomic E-state index is 11.6. The van der Waals surface area contributed by atoms with Crippen molar-refractivity contribution in [1.82, 2.24) is 5.32 Å². The molecule has 1 aliphatic rings. The summed E-state index contributed by atoms with van der Waals surface area (Å²) in [5.74, 6) is 0.348. The summed E-state index contributed by atoms with van der Waals surface area (Å²) >= 11 is 0. The van der Waals surface area contributed by atoms with E-state index in [9.17, 15) is 13.2 Å². The first-order valence-electron chi connectivity index (χ1n) is 6.08. The normalized spacial score (nSPS) is 21.4. The first-order chi connectivity index (χ1) is 8.03. The predicted octanol–water partition coefficient (Wildman–Crippen LogP) is 0.149. The summed E-state index contributed by atoms with van der Waals surface area (Å²) in [6.45, 7) is 3.80. The molecule has 1 atom stereocenters. The number of nitrogens with one attached hydrogen (secondary N) is 1. The van der Waals surface area contributed by atoms with Gasteiger partial charge in [0.05, 0.1) is 18.5 Å². The number of Topliss-reactive ketones (excluding diaryl/α,β-unsaturated/α-hetero) is 1. The second kappa shape index (κ2) is 7.08. The van der Waals surface area contributed by atoms with Crippen LogP contribution in [0.4, 0.5) is 0 Å². The number of hydrogen-bond acceptors (Lipinski definition) is 5. The van der Waals surface area contributed by atoms with Gasteiger partial charge in [0.15, 0.2) is 0 Å². The number of hydrogen-bond donors (Lipinski definition) is 1. The van der Waals surface area contributed by atoms with Crippen molar-refractivity contribution in [3.63, 3.8) is 0 Å². The summed E-state index contributed by atoms with van der Waals surface area (Å²) in [5.41, 5.74) is 0. The van der Waals surface area contributed by atoms with E-state index in [1.807, 2.05) is 0 Å². The molecule has 0 bridgehead atoms. The van der Waals surface area contributed by atoms with Crippen molar-refractivity contribution in [3.8, 4) is 0 Å². The molecule has 6 heteroatoms. The van der Waals surface area contributed by atoms with Crippen molar-refractivity contribution in [3.05, 3.63) is 0 Å². The van der Waals surface area contributed by atoms with E-state index in [1.54, 1.807) is 6.92 Å². The van der Waals surface area contributed by atoms with Crippen molar-refractivity contribution in [2.24, 2.45) is 0 Å². The second-order valence-corrected chi connectivity index (χ2v) is 6.75. The molecule has 1 aliphatic heterocycles. The molecule has 0 saturated carbocycles. The molecule has 0 aromatic rings. The van der Waals surface area contributed by atoms with Crippen molar-refractivity contribution in [2.45, 2.75) is 32.3 Å². The molecular weight excluding hydrogens is 242 g/mol. The van der Waals surface area contributed by atoms with Crippen LogP contribution < -0.4 is 5.32 Å². The lowest BCUT2D eigenvalue weighted by atomic mass is 10.1. The maximum absolute atomic E-state index is 11.6. The number of carbonyl (C=O) groups is 1. The largest absolute Gasteiger partial charge is 0.375 e. The van der Waals surface area contributed by atoms with Crippen LogP contribution >= 0.6 is 0 Å². The molecule has 0 spiro atoms. The van der Waals surface area contributed by atoms with Crippen LogP contribution in [-0.2, 0) is 19.4 Å². The molecule has 17 heavy (non-hydrogen) atoms. The number of sulfone groups is 1. The number of ketones is 1. The van der Waals surface area contributed by atoms with Gasteiger partial charge < -0.3 is 10.1 Å². The van der Waals surface area contributed by atoms with E-state index >= 15 is 0 Å². The van der Waals surface area contributed by atoms with Gasteiger partial charge in [0.25, 0.3) is 0 Å². The van der Waals surface area contributed by atoms with Crippen LogP contribution in [0.25, 0.3) is 0 Å². The summed E-state index contributed by atoms with van der Waals surface area (Å²) < 4.78 is 27.9. The monoisotopic (exact) mass is 263 g/mol. The van der Waals surface area contributed by atoms with Gasteiger partial charge in [0.1, 0.15) is 15.6 Å². The van der Waals surface area contributed by atoms with Gasteiger partial charge in [-0.15, -0.1) is 0 Å². The average molecular weight is 263 g/mol. The zero-order valence-electron chi connectivity index (χ0n) is 10.3. The average Bonchev–Trinajstić information content (AvgIpc) is 2.30. The molecule has 0 aromatic heterocycles. The van der Waals surface area contributed by atoms with Gasteiger partial charge >= 0.3 is 0 Å². The van der Waals surface area contributed by atoms with Gasteiger partial charge in [0, 0.05) is 31.7 Å². The van der Waals surface area contributed by atoms with Crippen LogP contribution in [0.2, 0.25) is 0 Å². The quantitative estimate of drug-likeness (QED) is 0.708. The minimum Gasteiger partial charge on any atom is -0.375 e. The van der Waals surface area contributed by atoms with Gasteiger partial charge in [-0.25, -0.2) is 8.42 Å². The summed E-state index contributed by atoms with van der Waals surface area (Å²) in [4.78, 5) is 11.6. The van der Waals surface area contributed by atoms with Gasteiger partial charge in [-0.05, 0) is 6.42 Å². The summed E-state index contributed by atoms with van der Waals surface area (Å²) in [5, 5.41) is 3.16. The van der Waals surface area contributed by atoms with E-state index in [0.717, 1.165) is 6.54 Å². The standard InChI is InChI=1S/C11H21NO4S/c1-2-17(14,15)7-3-4-10(13)8-11-9-12-5-6-16-11/h11-12H,2-9H2,1H3. The van der Waals surface area contributed by atoms with Crippen LogP contribution in [0.1, 0.15) is 26.2 Å². The highest BCUT2D eigenvalue weighted by molar-refractivity contribution is 7.91. The summed E-state index contributed by atoms with van der Waals surface area (Å²) in [6, 6.07) is 0. The van der Waals surface area contributed by atoms with Crippen LogP contribution in [0, 0.1) is 0 Å². The maximum Gasteiger partial charge on any atom is 0.150 e. The minimum absolute atomic E-state index is 0.0426. The molecule has 1 N–H and O–H groups in total. The van der Waals surface area contributed by atoms with Crippen LogP contribution in [0.15, 0.2) is 0 Å². The first-order valence-corrected chi connectivity index (χ1v) is 7.90. The Morgan fingerprint density at radius 3 is 2.82 bits per heavy atom. The van der Waals surface area contributed by atoms with Gasteiger partial charge in [0.2, 0.25) is 0 Å². The Balaban J connectivity index is 2.16. The highest BCUT2D eigenvalue weighted by atomic mass is 32.2. The number of carbonyl (C=O) groups excluding carboxylic acids is 1. The first kappa shape index (κ1) is 14.6. The van der Waals surface area contributed by atoms with Crippen LogP contribution in [0.5, 0.6) is 0 Å². The lowest BCUT2D eigenvalue weighted by Gasteiger charge is -2.22. The fraction of sp³-hybridized carbons (Fsp3) is 0.909. The van der Waals surface area contributed by atoms with Crippen LogP contribution in [-0.4, -0.2) is 51.5 Å². The van der Waals surface area contributed by atoms with Crippen LogP contribution in [0.3, 0.4) is 0 Å². The fourth-order valence-corrected chi connectivity index (χ4v) is 2.61. The van der Waals surface area contributed by atoms with Gasteiger partial charge in [-0.2, -0.15) is 0 Å². The Labute approximate surface area is 103 Å². The van der Waals surface area contributed by atoms with Crippen molar-refractivity contribution < 1.29 is 17.9 Å². The molecule has 0 radical (unpaired) electrons. The lowest BCUT2D eigenvalue weighted by Crippen LogP contribution is -2.39. The molecule has 1 fully saturated rings. The van der Waals surface area contributed by atoms with E-state index < -0.39 is 9.84 Å². The number of rotatable bonds is 7. The van der Waals surface area contributed by atoms with E-state index in [4.69, 9.17) is 4.74 Å². The molecule has 1 rings (SSSR count). The van der Waals surface area contributed by atoms with E-state index in [-0.39, 0.29) is 23.4 Å². The van der Waals surface area contributed by atoms with E-state index in [1.165, 1.54) is 0 Å². The summed E-state index contributed by atoms with van der Waals surface area (Å²) in [6.07, 6.45) is 1.10. The highest BCUT2D eigenvalue weighted by Gasteiger charge is 2.17. The third-order valence-corrected chi connectivity index (χ3v) is 4.60. The second-order valence-electron chi connectivity index (χ2n) is 4.28. The Morgan fingerprint density at radius 1 is 1.47 bits per heavy atom. The third kappa shape index (κ3) is 6.14. The molecular formula is C11H21NO4S. The SMILES string of the molecule is CCS(=O)(=O)CCCC(=O)CC1CNCCO1. The molecule has 1 unspecified atom stereocenters. The zero-order chi connectivity index (χ0) is 12.7. The Morgan fingerprint density at radius 2 is 2.24 bits per heavy atom. The Hall–Kier alpha value is -0.460. The molecule has 0 aliphatic carbocycles. The Kier molecular flexibility index (Phi) is 6.08. The minimum atomic E-state index is -2.94. The smallest absolute Gasteiger partial charge is 0.150 e. The predicted molar refractivity (Wildman–Crippen MR) is 65.8 cm³/mol. The zero-order valence-corrected chi connectivity index (χ0v) is 11.1. The fourth-order valence-electron chi connectivity index (χ4n) is 1.74. The van der Waals surface area contributed by atoms with E-state index in [2.05, 4.69) is 5.32 Å². The van der Waals surface area contributed by atoms with Gasteiger partial charge in [-0.3, -0.25) is 4.79 Å². The Bertz CT molecular complexity index is 333. The van der Waals surface area contributed by atoms with Crippen molar-refractivity contribution >= 4 is 15.6 Å². The molecule has 100 valence electrons. The molecule has 0 aromatic carbocycles. The highest BCUT2D eigenvalue weighted by Crippen LogP contribution is 2.06.